The summed E-state index contributed by atoms with van der Waals surface area (Å²) in [7, 11) is -4.02. The summed E-state index contributed by atoms with van der Waals surface area (Å²) >= 11 is 5.88. The van der Waals surface area contributed by atoms with Gasteiger partial charge in [-0.05, 0) is 42.7 Å². The molecule has 0 spiro atoms. The Morgan fingerprint density at radius 1 is 1.03 bits per heavy atom. The van der Waals surface area contributed by atoms with E-state index in [2.05, 4.69) is 23.8 Å². The van der Waals surface area contributed by atoms with Gasteiger partial charge in [0.05, 0.1) is 11.4 Å². The number of aromatic nitrogens is 2. The third-order valence-corrected chi connectivity index (χ3v) is 6.52. The van der Waals surface area contributed by atoms with Crippen LogP contribution in [0.3, 0.4) is 0 Å². The minimum Gasteiger partial charge on any atom is -0.298 e. The van der Waals surface area contributed by atoms with Crippen molar-refractivity contribution in [3.05, 3.63) is 71.4 Å². The standard InChI is InChI=1S/C22H22ClN3O3S/c1-15(2)17-4-6-18(7-5-17)22-24-13-12-21(25-22)26(14-16(3)27)30(28,29)20-10-8-19(23)9-11-20/h4-13,15H,14H2,1-3H3. The predicted octanol–water partition coefficient (Wildman–Crippen LogP) is 4.70. The van der Waals surface area contributed by atoms with Gasteiger partial charge < -0.3 is 0 Å². The molecule has 1 heterocycles. The summed E-state index contributed by atoms with van der Waals surface area (Å²) in [6.07, 6.45) is 1.48. The number of hydrogen-bond acceptors (Lipinski definition) is 5. The fraction of sp³-hybridized carbons (Fsp3) is 0.227. The third kappa shape index (κ3) is 4.86. The largest absolute Gasteiger partial charge is 0.298 e. The van der Waals surface area contributed by atoms with Crippen LogP contribution in [0, 0.1) is 0 Å². The topological polar surface area (TPSA) is 80.2 Å². The average molecular weight is 444 g/mol. The molecule has 8 heteroatoms. The van der Waals surface area contributed by atoms with E-state index < -0.39 is 10.0 Å². The van der Waals surface area contributed by atoms with Gasteiger partial charge in [-0.3, -0.25) is 4.79 Å². The van der Waals surface area contributed by atoms with E-state index in [1.165, 1.54) is 49.0 Å². The van der Waals surface area contributed by atoms with Crippen LogP contribution in [-0.4, -0.2) is 30.7 Å². The number of nitrogens with zero attached hydrogens (tertiary/aromatic N) is 3. The molecule has 0 aliphatic carbocycles. The summed E-state index contributed by atoms with van der Waals surface area (Å²) in [5, 5.41) is 0.418. The van der Waals surface area contributed by atoms with Gasteiger partial charge in [0.15, 0.2) is 5.82 Å². The van der Waals surface area contributed by atoms with Gasteiger partial charge in [0.25, 0.3) is 10.0 Å². The van der Waals surface area contributed by atoms with Crippen molar-refractivity contribution in [2.24, 2.45) is 0 Å². The number of rotatable bonds is 7. The quantitative estimate of drug-likeness (QED) is 0.528. The first-order chi connectivity index (χ1) is 14.2. The minimum absolute atomic E-state index is 0.0228. The summed E-state index contributed by atoms with van der Waals surface area (Å²) in [5.74, 6) is 0.580. The Morgan fingerprint density at radius 3 is 2.23 bits per heavy atom. The number of carbonyl (C=O) groups is 1. The average Bonchev–Trinajstić information content (AvgIpc) is 2.72. The number of carbonyl (C=O) groups excluding carboxylic acids is 1. The Labute approximate surface area is 181 Å². The lowest BCUT2D eigenvalue weighted by Gasteiger charge is -2.22. The molecular weight excluding hydrogens is 422 g/mol. The van der Waals surface area contributed by atoms with Gasteiger partial charge in [-0.25, -0.2) is 22.7 Å². The van der Waals surface area contributed by atoms with Crippen LogP contribution in [0.25, 0.3) is 11.4 Å². The summed E-state index contributed by atoms with van der Waals surface area (Å²) < 4.78 is 27.4. The maximum Gasteiger partial charge on any atom is 0.265 e. The number of sulfonamides is 1. The van der Waals surface area contributed by atoms with E-state index >= 15 is 0 Å². The second-order valence-corrected chi connectivity index (χ2v) is 9.48. The van der Waals surface area contributed by atoms with Crippen molar-refractivity contribution in [1.82, 2.24) is 9.97 Å². The fourth-order valence-electron chi connectivity index (χ4n) is 2.87. The van der Waals surface area contributed by atoms with Gasteiger partial charge in [0.2, 0.25) is 0 Å². The number of hydrogen-bond donors (Lipinski definition) is 0. The van der Waals surface area contributed by atoms with Crippen LogP contribution in [0.4, 0.5) is 5.82 Å². The van der Waals surface area contributed by atoms with Crippen LogP contribution in [-0.2, 0) is 14.8 Å². The van der Waals surface area contributed by atoms with Crippen LogP contribution in [0.15, 0.2) is 65.7 Å². The lowest BCUT2D eigenvalue weighted by atomic mass is 10.0. The summed E-state index contributed by atoms with van der Waals surface area (Å²) in [6, 6.07) is 15.0. The zero-order valence-corrected chi connectivity index (χ0v) is 18.5. The highest BCUT2D eigenvalue weighted by molar-refractivity contribution is 7.92. The molecule has 2 aromatic carbocycles. The molecule has 156 valence electrons. The lowest BCUT2D eigenvalue weighted by molar-refractivity contribution is -0.115. The molecule has 0 saturated heterocycles. The Balaban J connectivity index is 2.04. The first kappa shape index (κ1) is 21.9. The maximum absolute atomic E-state index is 13.2. The molecule has 3 aromatic rings. The molecule has 0 aliphatic rings. The van der Waals surface area contributed by atoms with E-state index in [1.54, 1.807) is 0 Å². The maximum atomic E-state index is 13.2. The molecule has 30 heavy (non-hydrogen) atoms. The first-order valence-electron chi connectivity index (χ1n) is 9.39. The minimum atomic E-state index is -4.02. The smallest absolute Gasteiger partial charge is 0.265 e. The van der Waals surface area contributed by atoms with Crippen molar-refractivity contribution < 1.29 is 13.2 Å². The molecule has 0 amide bonds. The van der Waals surface area contributed by atoms with Crippen LogP contribution in [0.5, 0.6) is 0 Å². The zero-order valence-electron chi connectivity index (χ0n) is 16.9. The zero-order chi connectivity index (χ0) is 21.9. The number of benzene rings is 2. The predicted molar refractivity (Wildman–Crippen MR) is 118 cm³/mol. The third-order valence-electron chi connectivity index (χ3n) is 4.50. The molecule has 0 atom stereocenters. The number of anilines is 1. The number of ketones is 1. The Hall–Kier alpha value is -2.77. The van der Waals surface area contributed by atoms with Crippen molar-refractivity contribution in [3.8, 4) is 11.4 Å². The van der Waals surface area contributed by atoms with Crippen molar-refractivity contribution in [2.45, 2.75) is 31.6 Å². The summed E-state index contributed by atoms with van der Waals surface area (Å²) in [5.41, 5.74) is 1.94. The highest BCUT2D eigenvalue weighted by Crippen LogP contribution is 2.26. The molecule has 6 nitrogen and oxygen atoms in total. The van der Waals surface area contributed by atoms with Crippen LogP contribution in [0.2, 0.25) is 5.02 Å². The molecule has 0 saturated carbocycles. The molecule has 0 aliphatic heterocycles. The SMILES string of the molecule is CC(=O)CN(c1ccnc(-c2ccc(C(C)C)cc2)n1)S(=O)(=O)c1ccc(Cl)cc1. The Morgan fingerprint density at radius 2 is 1.67 bits per heavy atom. The normalized spacial score (nSPS) is 11.5. The fourth-order valence-corrected chi connectivity index (χ4v) is 4.43. The van der Waals surface area contributed by atoms with E-state index in [9.17, 15) is 13.2 Å². The van der Waals surface area contributed by atoms with E-state index in [1.807, 2.05) is 24.3 Å². The number of halogens is 1. The van der Waals surface area contributed by atoms with Gasteiger partial charge in [0.1, 0.15) is 11.6 Å². The molecule has 0 unspecified atom stereocenters. The van der Waals surface area contributed by atoms with Gasteiger partial charge in [-0.2, -0.15) is 0 Å². The van der Waals surface area contributed by atoms with Crippen LogP contribution in [0.1, 0.15) is 32.3 Å². The molecular formula is C22H22ClN3O3S. The highest BCUT2D eigenvalue weighted by atomic mass is 35.5. The molecule has 3 rings (SSSR count). The first-order valence-corrected chi connectivity index (χ1v) is 11.2. The Kier molecular flexibility index (Phi) is 6.53. The van der Waals surface area contributed by atoms with Gasteiger partial charge in [0, 0.05) is 22.8 Å². The summed E-state index contributed by atoms with van der Waals surface area (Å²) in [6.45, 7) is 5.20. The molecule has 0 bridgehead atoms. The van der Waals surface area contributed by atoms with Gasteiger partial charge in [-0.15, -0.1) is 0 Å². The lowest BCUT2D eigenvalue weighted by Crippen LogP contribution is -2.35. The number of Topliss-reactive ketones (excluding diaryl/α,β-unsaturated/α-hetero) is 1. The van der Waals surface area contributed by atoms with E-state index in [4.69, 9.17) is 11.6 Å². The molecule has 0 radical (unpaired) electrons. The van der Waals surface area contributed by atoms with Crippen LogP contribution < -0.4 is 4.31 Å². The Bertz CT molecular complexity index is 1150. The second-order valence-electron chi connectivity index (χ2n) is 7.18. The van der Waals surface area contributed by atoms with Crippen molar-refractivity contribution in [1.29, 1.82) is 0 Å². The van der Waals surface area contributed by atoms with Crippen molar-refractivity contribution in [3.63, 3.8) is 0 Å². The molecule has 0 N–H and O–H groups in total. The van der Waals surface area contributed by atoms with Crippen molar-refractivity contribution >= 4 is 33.2 Å². The molecule has 0 fully saturated rings. The highest BCUT2D eigenvalue weighted by Gasteiger charge is 2.27. The van der Waals surface area contributed by atoms with Crippen molar-refractivity contribution in [2.75, 3.05) is 10.8 Å². The van der Waals surface area contributed by atoms with Gasteiger partial charge in [-0.1, -0.05) is 49.7 Å². The second kappa shape index (κ2) is 8.93. The van der Waals surface area contributed by atoms with E-state index in [-0.39, 0.29) is 23.0 Å². The van der Waals surface area contributed by atoms with E-state index in [0.29, 0.717) is 16.8 Å². The van der Waals surface area contributed by atoms with Gasteiger partial charge >= 0.3 is 0 Å². The van der Waals surface area contributed by atoms with E-state index in [0.717, 1.165) is 9.87 Å². The summed E-state index contributed by atoms with van der Waals surface area (Å²) in [4.78, 5) is 20.6. The van der Waals surface area contributed by atoms with Crippen LogP contribution >= 0.6 is 11.6 Å². The monoisotopic (exact) mass is 443 g/mol. The molecule has 1 aromatic heterocycles.